The third kappa shape index (κ3) is 16.5. The first-order valence-electron chi connectivity index (χ1n) is 26.5. The molecule has 93 heavy (non-hydrogen) atoms. The van der Waals surface area contributed by atoms with E-state index in [0.717, 1.165) is 41.1 Å². The Kier molecular flexibility index (Phi) is 21.4. The van der Waals surface area contributed by atoms with E-state index >= 15 is 0 Å². The molecule has 6 aromatic heterocycles. The van der Waals surface area contributed by atoms with Gasteiger partial charge in [-0.2, -0.15) is 0 Å². The first-order valence-corrected chi connectivity index (χ1v) is 28.2. The molecule has 0 fully saturated rings. The van der Waals surface area contributed by atoms with Gasteiger partial charge in [0.15, 0.2) is 17.6 Å². The molecule has 482 valence electrons. The highest BCUT2D eigenvalue weighted by molar-refractivity contribution is 7.13. The second-order valence-corrected chi connectivity index (χ2v) is 21.0. The van der Waals surface area contributed by atoms with Gasteiger partial charge in [0.1, 0.15) is 79.4 Å². The summed E-state index contributed by atoms with van der Waals surface area (Å²) >= 11 is 1.78. The Labute approximate surface area is 531 Å². The number of nitrogens with zero attached hydrogens (tertiary/aromatic N) is 6. The molecule has 0 saturated heterocycles. The van der Waals surface area contributed by atoms with Gasteiger partial charge in [0.05, 0.1) is 40.7 Å². The van der Waals surface area contributed by atoms with Crippen LogP contribution in [-0.2, 0) is 33.5 Å². The molecule has 1 aliphatic heterocycles. The summed E-state index contributed by atoms with van der Waals surface area (Å²) in [5.74, 6) is -13.1. The fourth-order valence-corrected chi connectivity index (χ4v) is 9.24. The van der Waals surface area contributed by atoms with Gasteiger partial charge in [-0.25, -0.2) is 34.7 Å². The number of carbonyl (C=O) groups is 11. The number of aliphatic hydroxyl groups excluding tert-OH is 2. The molecule has 10 bridgehead atoms. The van der Waals surface area contributed by atoms with E-state index in [1.807, 2.05) is 10.6 Å². The molecule has 7 heterocycles. The Bertz CT molecular complexity index is 4270. The Hall–Kier alpha value is -12.0. The maximum atomic E-state index is 14.0. The lowest BCUT2D eigenvalue weighted by Gasteiger charge is -2.21. The van der Waals surface area contributed by atoms with Gasteiger partial charge in [-0.15, -0.1) is 22.7 Å². The van der Waals surface area contributed by atoms with Gasteiger partial charge >= 0.3 is 5.97 Å². The van der Waals surface area contributed by atoms with E-state index in [9.17, 15) is 63.0 Å². The number of fused-ring (bicyclic) bond motifs is 13. The average Bonchev–Trinajstić information content (AvgIpc) is 1.74. The number of amides is 10. The highest BCUT2D eigenvalue weighted by Crippen LogP contribution is 2.34. The molecule has 1 aliphatic rings. The first-order chi connectivity index (χ1) is 43.9. The zero-order valence-corrected chi connectivity index (χ0v) is 51.2. The minimum atomic E-state index is -1.76. The van der Waals surface area contributed by atoms with Crippen LogP contribution < -0.4 is 53.2 Å². The summed E-state index contributed by atoms with van der Waals surface area (Å²) in [6.07, 6.45) is -0.648. The lowest BCUT2D eigenvalue weighted by atomic mass is 10.1. The Morgan fingerprint density at radius 1 is 0.634 bits per heavy atom. The van der Waals surface area contributed by atoms with Crippen molar-refractivity contribution in [3.8, 4) is 22.0 Å². The van der Waals surface area contributed by atoms with Crippen molar-refractivity contribution in [1.29, 1.82) is 0 Å². The highest BCUT2D eigenvalue weighted by atomic mass is 32.1. The fourth-order valence-electron chi connectivity index (χ4n) is 7.60. The molecule has 4 unspecified atom stereocenters. The third-order valence-electron chi connectivity index (χ3n) is 12.3. The predicted octanol–water partition coefficient (Wildman–Crippen LogP) is 1.35. The van der Waals surface area contributed by atoms with Crippen LogP contribution in [0.3, 0.4) is 0 Å². The van der Waals surface area contributed by atoms with Crippen molar-refractivity contribution in [1.82, 2.24) is 83.1 Å². The van der Waals surface area contributed by atoms with Crippen molar-refractivity contribution in [2.75, 3.05) is 7.11 Å². The number of aryl methyl sites for hydroxylation is 2. The zero-order chi connectivity index (χ0) is 68.4. The van der Waals surface area contributed by atoms with E-state index in [0.29, 0.717) is 0 Å². The monoisotopic (exact) mass is 1310 g/mol. The standard InChI is InChI=1S/C57H54N16O18S2/c1-13-31-52-71-38(28(10)90-52)49(84)61-24(6)43(78)62-25(7)51-67-34(17-89-51)40-30(14-15-32(64-40)45(80)60-23(5)42(77)58-21(3)41(76)59-22(4)44(79)63-26(8)57(86)87)55-68-36(18-92-55)47(82)70-37(27(9)75)48(83)66-33(16-20(2)74)53-72-39(29(11)91-53)50(85)73-54(88-12)56-69-35(19-93-56)46(81)65-31/h13-20,27,37,54,74-75H,3-8H2,1-2,9-12H3,(H,58,77)(H,59,76)(H,60,80)(H,61,84)(H,62,78)(H,63,79)(H,65,81)(H,66,83)(H,70,82)(H,73,85)(H,86,87). The molecule has 0 radical (unpaired) electrons. The van der Waals surface area contributed by atoms with Crippen molar-refractivity contribution in [2.45, 2.75) is 59.1 Å². The van der Waals surface area contributed by atoms with Crippen LogP contribution in [0.2, 0.25) is 0 Å². The normalized spacial score (nSPS) is 16.6. The number of aliphatic hydroxyl groups is 2. The van der Waals surface area contributed by atoms with Gasteiger partial charge in [0.2, 0.25) is 23.6 Å². The summed E-state index contributed by atoms with van der Waals surface area (Å²) < 4.78 is 22.7. The smallest absolute Gasteiger partial charge is 0.351 e. The largest absolute Gasteiger partial charge is 0.477 e. The number of hydrogen-bond acceptors (Lipinski definition) is 25. The van der Waals surface area contributed by atoms with Crippen LogP contribution in [0.15, 0.2) is 123 Å². The SMILES string of the molecule is C=C(NC(=O)C(=C)NC(=O)C(=C)NC(=O)C(=C)NC(=O)c1ccc2c(n1)-c1coc(n1)C(=C)NC(=O)C(=C)NC(=O)c1nc(oc1C)C(=CC)NC(=O)c1csc(n1)C(OC)NC(=O)c1nc(oc1C)C(=CC(C)O)NC(=O)C(C(C)O)NC(=O)c1csc-2n1)C(=O)O. The predicted molar refractivity (Wildman–Crippen MR) is 324 cm³/mol. The Morgan fingerprint density at radius 3 is 1.80 bits per heavy atom. The third-order valence-corrected chi connectivity index (χ3v) is 14.0. The van der Waals surface area contributed by atoms with Gasteiger partial charge in [0.25, 0.3) is 53.2 Å². The van der Waals surface area contributed by atoms with Crippen LogP contribution in [0.4, 0.5) is 0 Å². The number of pyridine rings is 1. The molecular weight excluding hydrogens is 1260 g/mol. The molecule has 34 nitrogen and oxygen atoms in total. The molecule has 13 N–H and O–H groups in total. The number of methoxy groups -OCH3 is 1. The molecule has 10 amide bonds. The van der Waals surface area contributed by atoms with Crippen molar-refractivity contribution in [3.05, 3.63) is 172 Å². The van der Waals surface area contributed by atoms with Gasteiger partial charge < -0.3 is 86.5 Å². The fraction of sp³-hybridized carbons (Fsp3) is 0.175. The minimum absolute atomic E-state index is 0.00676. The van der Waals surface area contributed by atoms with Gasteiger partial charge in [-0.1, -0.05) is 45.5 Å². The number of thiazole rings is 2. The second-order valence-electron chi connectivity index (χ2n) is 19.2. The molecule has 0 saturated carbocycles. The lowest BCUT2D eigenvalue weighted by Crippen LogP contribution is -2.52. The zero-order valence-electron chi connectivity index (χ0n) is 49.6. The number of carbonyl (C=O) groups excluding carboxylic acids is 10. The van der Waals surface area contributed by atoms with Gasteiger partial charge in [-0.05, 0) is 52.8 Å². The van der Waals surface area contributed by atoms with Crippen LogP contribution >= 0.6 is 22.7 Å². The number of ether oxygens (including phenoxy) is 1. The number of nitrogens with one attached hydrogen (secondary N) is 10. The summed E-state index contributed by atoms with van der Waals surface area (Å²) in [6.45, 7) is 27.6. The highest BCUT2D eigenvalue weighted by Gasteiger charge is 2.33. The quantitative estimate of drug-likeness (QED) is 0.0769. The first kappa shape index (κ1) is 68.5. The maximum absolute atomic E-state index is 14.0. The summed E-state index contributed by atoms with van der Waals surface area (Å²) in [5.41, 5.74) is -5.86. The van der Waals surface area contributed by atoms with Crippen molar-refractivity contribution in [2.24, 2.45) is 0 Å². The average molecular weight is 1320 g/mol. The summed E-state index contributed by atoms with van der Waals surface area (Å²) in [5, 5.41) is 55.9. The number of hydrogen-bond donors (Lipinski definition) is 13. The minimum Gasteiger partial charge on any atom is -0.477 e. The lowest BCUT2D eigenvalue weighted by molar-refractivity contribution is -0.134. The van der Waals surface area contributed by atoms with Crippen LogP contribution in [0, 0.1) is 13.8 Å². The molecule has 7 rings (SSSR count). The van der Waals surface area contributed by atoms with E-state index < -0.39 is 130 Å². The van der Waals surface area contributed by atoms with E-state index in [2.05, 4.69) is 112 Å². The van der Waals surface area contributed by atoms with E-state index in [1.165, 1.54) is 64.6 Å². The number of aromatic nitrogens is 6. The van der Waals surface area contributed by atoms with Gasteiger partial charge in [-0.3, -0.25) is 47.9 Å². The number of aliphatic carboxylic acids is 1. The molecule has 0 spiro atoms. The topological polar surface area (TPSA) is 495 Å². The molecule has 36 heteroatoms. The summed E-state index contributed by atoms with van der Waals surface area (Å²) in [7, 11) is 1.25. The van der Waals surface area contributed by atoms with Crippen LogP contribution in [0.1, 0.15) is 114 Å². The van der Waals surface area contributed by atoms with Gasteiger partial charge in [0, 0.05) is 23.4 Å². The molecule has 6 aromatic rings. The summed E-state index contributed by atoms with van der Waals surface area (Å²) in [6, 6.07) is 0.701. The summed E-state index contributed by atoms with van der Waals surface area (Å²) in [4.78, 5) is 171. The molecule has 0 aliphatic carbocycles. The molecule has 4 atom stereocenters. The van der Waals surface area contributed by atoms with Crippen LogP contribution in [-0.4, -0.2) is 136 Å². The van der Waals surface area contributed by atoms with E-state index in [1.54, 1.807) is 0 Å². The van der Waals surface area contributed by atoms with Crippen LogP contribution in [0.5, 0.6) is 0 Å². The van der Waals surface area contributed by atoms with Crippen LogP contribution in [0.25, 0.3) is 39.1 Å². The van der Waals surface area contributed by atoms with E-state index in [4.69, 9.17) is 23.1 Å². The van der Waals surface area contributed by atoms with Crippen molar-refractivity contribution < 1.29 is 86.0 Å². The van der Waals surface area contributed by atoms with Crippen molar-refractivity contribution >= 4 is 105 Å². The number of rotatable bonds is 12. The Morgan fingerprint density at radius 2 is 1.20 bits per heavy atom. The number of oxazole rings is 3. The number of carboxylic acids is 1. The number of carboxylic acid groups (broad SMARTS) is 1. The number of allylic oxidation sites excluding steroid dienone is 1. The molecule has 0 aromatic carbocycles. The second kappa shape index (κ2) is 29.1. The molecular formula is C57H54N16O18S2. The maximum Gasteiger partial charge on any atom is 0.351 e. The van der Waals surface area contributed by atoms with Crippen molar-refractivity contribution in [3.63, 3.8) is 0 Å². The van der Waals surface area contributed by atoms with E-state index in [-0.39, 0.29) is 90.1 Å². The Balaban J connectivity index is 1.21.